The lowest BCUT2D eigenvalue weighted by molar-refractivity contribution is 0.260. The van der Waals surface area contributed by atoms with Gasteiger partial charge in [0.05, 0.1) is 0 Å². The van der Waals surface area contributed by atoms with Gasteiger partial charge in [-0.15, -0.1) is 0 Å². The van der Waals surface area contributed by atoms with Gasteiger partial charge in [-0.1, -0.05) is 11.6 Å². The molecule has 0 spiro atoms. The number of aryl methyl sites for hydroxylation is 1. The number of likely N-dealkylation sites (N-methyl/N-ethyl adjacent to an activating group) is 1. The molecule has 0 aliphatic carbocycles. The number of hydrogen-bond acceptors (Lipinski definition) is 2. The molecule has 0 heterocycles. The highest BCUT2D eigenvalue weighted by Crippen LogP contribution is 2.27. The lowest BCUT2D eigenvalue weighted by Gasteiger charge is -2.14. The Kier molecular flexibility index (Phi) is 4.43. The van der Waals surface area contributed by atoms with Crippen molar-refractivity contribution in [3.63, 3.8) is 0 Å². The zero-order valence-corrected chi connectivity index (χ0v) is 10.6. The molecule has 0 aliphatic heterocycles. The number of benzene rings is 1. The summed E-state index contributed by atoms with van der Waals surface area (Å²) in [6, 6.07) is 3.98. The van der Waals surface area contributed by atoms with Crippen LogP contribution in [0.1, 0.15) is 11.1 Å². The molecule has 0 saturated heterocycles. The van der Waals surface area contributed by atoms with Crippen LogP contribution >= 0.6 is 11.6 Å². The number of hydrogen-bond donors (Lipinski definition) is 0. The van der Waals surface area contributed by atoms with Crippen LogP contribution in [0.3, 0.4) is 0 Å². The van der Waals surface area contributed by atoms with Crippen molar-refractivity contribution in [3.8, 4) is 5.75 Å². The third kappa shape index (κ3) is 3.73. The zero-order valence-electron chi connectivity index (χ0n) is 9.80. The van der Waals surface area contributed by atoms with Crippen LogP contribution in [0.4, 0.5) is 0 Å². The van der Waals surface area contributed by atoms with Gasteiger partial charge >= 0.3 is 0 Å². The third-order valence-electron chi connectivity index (χ3n) is 2.24. The minimum atomic E-state index is 0.688. The molecule has 0 atom stereocenters. The Bertz CT molecular complexity index is 337. The molecule has 0 saturated carbocycles. The maximum absolute atomic E-state index is 6.07. The average molecular weight is 228 g/mol. The Morgan fingerprint density at radius 2 is 1.93 bits per heavy atom. The third-order valence-corrected chi connectivity index (χ3v) is 2.63. The van der Waals surface area contributed by atoms with Crippen LogP contribution in [0.5, 0.6) is 5.75 Å². The molecule has 0 unspecified atom stereocenters. The highest BCUT2D eigenvalue weighted by atomic mass is 35.5. The monoisotopic (exact) mass is 227 g/mol. The Morgan fingerprint density at radius 3 is 2.53 bits per heavy atom. The fraction of sp³-hybridized carbons (Fsp3) is 0.500. The summed E-state index contributed by atoms with van der Waals surface area (Å²) in [6.07, 6.45) is 0. The standard InChI is InChI=1S/C12H18ClNO/c1-9-7-11(13)10(2)12(8-9)15-6-5-14(3)4/h7-8H,5-6H2,1-4H3. The fourth-order valence-corrected chi connectivity index (χ4v) is 1.54. The Labute approximate surface area is 96.8 Å². The van der Waals surface area contributed by atoms with E-state index in [4.69, 9.17) is 16.3 Å². The largest absolute Gasteiger partial charge is 0.492 e. The van der Waals surface area contributed by atoms with E-state index >= 15 is 0 Å². The van der Waals surface area contributed by atoms with E-state index in [1.54, 1.807) is 0 Å². The van der Waals surface area contributed by atoms with E-state index in [9.17, 15) is 0 Å². The molecule has 1 rings (SSSR count). The molecule has 0 N–H and O–H groups in total. The van der Waals surface area contributed by atoms with Crippen molar-refractivity contribution < 1.29 is 4.74 Å². The Hall–Kier alpha value is -0.730. The maximum atomic E-state index is 6.07. The van der Waals surface area contributed by atoms with E-state index < -0.39 is 0 Å². The summed E-state index contributed by atoms with van der Waals surface area (Å²) in [6.45, 7) is 5.59. The van der Waals surface area contributed by atoms with Crippen LogP contribution in [0.15, 0.2) is 12.1 Å². The van der Waals surface area contributed by atoms with Gasteiger partial charge in [0.25, 0.3) is 0 Å². The van der Waals surface area contributed by atoms with Gasteiger partial charge in [0.1, 0.15) is 12.4 Å². The molecule has 0 radical (unpaired) electrons. The predicted molar refractivity (Wildman–Crippen MR) is 65.0 cm³/mol. The molecule has 0 amide bonds. The van der Waals surface area contributed by atoms with Gasteiger partial charge in [-0.3, -0.25) is 0 Å². The van der Waals surface area contributed by atoms with Crippen molar-refractivity contribution in [3.05, 3.63) is 28.3 Å². The molecule has 1 aromatic carbocycles. The van der Waals surface area contributed by atoms with Crippen LogP contribution in [-0.2, 0) is 0 Å². The van der Waals surface area contributed by atoms with Crippen LogP contribution in [0.25, 0.3) is 0 Å². The van der Waals surface area contributed by atoms with Gasteiger partial charge < -0.3 is 9.64 Å². The molecule has 2 nitrogen and oxygen atoms in total. The van der Waals surface area contributed by atoms with E-state index in [0.29, 0.717) is 6.61 Å². The quantitative estimate of drug-likeness (QED) is 0.785. The van der Waals surface area contributed by atoms with Gasteiger partial charge in [-0.05, 0) is 45.6 Å². The summed E-state index contributed by atoms with van der Waals surface area (Å²) in [5, 5.41) is 0.773. The Balaban J connectivity index is 2.68. The molecule has 0 fully saturated rings. The fourth-order valence-electron chi connectivity index (χ4n) is 1.27. The Morgan fingerprint density at radius 1 is 1.27 bits per heavy atom. The van der Waals surface area contributed by atoms with Crippen LogP contribution in [0, 0.1) is 13.8 Å². The molecular formula is C12H18ClNO. The summed E-state index contributed by atoms with van der Waals surface area (Å²) in [5.41, 5.74) is 2.14. The molecule has 0 aromatic heterocycles. The van der Waals surface area contributed by atoms with E-state index in [0.717, 1.165) is 28.4 Å². The smallest absolute Gasteiger partial charge is 0.124 e. The zero-order chi connectivity index (χ0) is 11.4. The number of halogens is 1. The number of nitrogens with zero attached hydrogens (tertiary/aromatic N) is 1. The average Bonchev–Trinajstić information content (AvgIpc) is 2.12. The molecule has 84 valence electrons. The molecule has 1 aromatic rings. The number of rotatable bonds is 4. The van der Waals surface area contributed by atoms with Gasteiger partial charge in [-0.25, -0.2) is 0 Å². The topological polar surface area (TPSA) is 12.5 Å². The molecule has 0 bridgehead atoms. The summed E-state index contributed by atoms with van der Waals surface area (Å²) >= 11 is 6.07. The summed E-state index contributed by atoms with van der Waals surface area (Å²) in [7, 11) is 4.05. The first-order valence-corrected chi connectivity index (χ1v) is 5.43. The van der Waals surface area contributed by atoms with E-state index in [1.165, 1.54) is 0 Å². The van der Waals surface area contributed by atoms with Crippen molar-refractivity contribution in [1.29, 1.82) is 0 Å². The van der Waals surface area contributed by atoms with Gasteiger partial charge in [-0.2, -0.15) is 0 Å². The van der Waals surface area contributed by atoms with Crippen molar-refractivity contribution in [2.45, 2.75) is 13.8 Å². The normalized spacial score (nSPS) is 10.8. The van der Waals surface area contributed by atoms with E-state index in [2.05, 4.69) is 4.90 Å². The minimum absolute atomic E-state index is 0.688. The molecule has 0 aliphatic rings. The van der Waals surface area contributed by atoms with Gasteiger partial charge in [0, 0.05) is 17.1 Å². The lowest BCUT2D eigenvalue weighted by Crippen LogP contribution is -2.19. The first-order valence-electron chi connectivity index (χ1n) is 5.05. The van der Waals surface area contributed by atoms with Crippen molar-refractivity contribution in [1.82, 2.24) is 4.90 Å². The molecular weight excluding hydrogens is 210 g/mol. The second kappa shape index (κ2) is 5.38. The van der Waals surface area contributed by atoms with Crippen LogP contribution in [-0.4, -0.2) is 32.1 Å². The number of ether oxygens (including phenoxy) is 1. The first-order chi connectivity index (χ1) is 7.00. The second-order valence-electron chi connectivity index (χ2n) is 4.02. The predicted octanol–water partition coefficient (Wildman–Crippen LogP) is 2.90. The highest BCUT2D eigenvalue weighted by Gasteiger charge is 2.05. The van der Waals surface area contributed by atoms with Gasteiger partial charge in [0.15, 0.2) is 0 Å². The maximum Gasteiger partial charge on any atom is 0.124 e. The summed E-state index contributed by atoms with van der Waals surface area (Å²) in [5.74, 6) is 0.891. The van der Waals surface area contributed by atoms with E-state index in [-0.39, 0.29) is 0 Å². The highest BCUT2D eigenvalue weighted by molar-refractivity contribution is 6.31. The second-order valence-corrected chi connectivity index (χ2v) is 4.43. The van der Waals surface area contributed by atoms with Crippen LogP contribution < -0.4 is 4.74 Å². The molecule has 15 heavy (non-hydrogen) atoms. The summed E-state index contributed by atoms with van der Waals surface area (Å²) < 4.78 is 5.68. The van der Waals surface area contributed by atoms with Crippen molar-refractivity contribution >= 4 is 11.6 Å². The van der Waals surface area contributed by atoms with Crippen molar-refractivity contribution in [2.75, 3.05) is 27.2 Å². The minimum Gasteiger partial charge on any atom is -0.492 e. The van der Waals surface area contributed by atoms with Gasteiger partial charge in [0.2, 0.25) is 0 Å². The van der Waals surface area contributed by atoms with E-state index in [1.807, 2.05) is 40.1 Å². The first kappa shape index (κ1) is 12.3. The molecule has 3 heteroatoms. The lowest BCUT2D eigenvalue weighted by atomic mass is 10.1. The SMILES string of the molecule is Cc1cc(Cl)c(C)c(OCCN(C)C)c1. The summed E-state index contributed by atoms with van der Waals surface area (Å²) in [4.78, 5) is 2.09. The van der Waals surface area contributed by atoms with Crippen LogP contribution in [0.2, 0.25) is 5.02 Å². The van der Waals surface area contributed by atoms with Crippen molar-refractivity contribution in [2.24, 2.45) is 0 Å².